The smallest absolute Gasteiger partial charge is 0.224 e. The van der Waals surface area contributed by atoms with E-state index in [0.717, 1.165) is 17.7 Å². The van der Waals surface area contributed by atoms with Crippen molar-refractivity contribution in [1.82, 2.24) is 15.0 Å². The van der Waals surface area contributed by atoms with Gasteiger partial charge in [0.15, 0.2) is 0 Å². The van der Waals surface area contributed by atoms with Crippen molar-refractivity contribution in [2.75, 3.05) is 33.7 Å². The molecule has 88 valence electrons. The molecule has 0 aromatic heterocycles. The number of carbonyl (C=O) groups is 1. The second-order valence-corrected chi connectivity index (χ2v) is 4.16. The van der Waals surface area contributed by atoms with Gasteiger partial charge in [-0.1, -0.05) is 12.1 Å². The first-order chi connectivity index (χ1) is 7.38. The van der Waals surface area contributed by atoms with Gasteiger partial charge in [0.25, 0.3) is 0 Å². The molecule has 0 atom stereocenters. The molecule has 0 heterocycles. The molecule has 0 fully saturated rings. The first-order valence-electron chi connectivity index (χ1n) is 5.30. The molecule has 0 aromatic rings. The molecule has 16 heavy (non-hydrogen) atoms. The fourth-order valence-corrected chi connectivity index (χ4v) is 1.29. The third-order valence-electron chi connectivity index (χ3n) is 2.22. The molecule has 4 nitrogen and oxygen atoms in total. The van der Waals surface area contributed by atoms with Crippen molar-refractivity contribution in [3.63, 3.8) is 0 Å². The highest BCUT2D eigenvalue weighted by atomic mass is 16.2. The lowest BCUT2D eigenvalue weighted by Crippen LogP contribution is -2.38. The van der Waals surface area contributed by atoms with E-state index in [4.69, 9.17) is 0 Å². The number of nitrogens with one attached hydrogen (secondary N) is 1. The van der Waals surface area contributed by atoms with Crippen LogP contribution in [0.5, 0.6) is 0 Å². The Morgan fingerprint density at radius 2 is 1.94 bits per heavy atom. The summed E-state index contributed by atoms with van der Waals surface area (Å²) >= 11 is 0. The molecule has 0 saturated carbocycles. The van der Waals surface area contributed by atoms with Crippen LogP contribution in [0.2, 0.25) is 0 Å². The summed E-state index contributed by atoms with van der Waals surface area (Å²) in [6, 6.07) is 0. The zero-order valence-electron chi connectivity index (χ0n) is 10.8. The Kier molecular flexibility index (Phi) is 6.65. The lowest BCUT2D eigenvalue weighted by atomic mass is 9.97. The van der Waals surface area contributed by atoms with E-state index < -0.39 is 0 Å². The molecule has 0 bridgehead atoms. The Bertz CT molecular complexity index is 281. The van der Waals surface area contributed by atoms with Crippen molar-refractivity contribution in [2.24, 2.45) is 0 Å². The van der Waals surface area contributed by atoms with Crippen LogP contribution in [0, 0.1) is 0 Å². The minimum Gasteiger partial charge on any atom is -0.387 e. The van der Waals surface area contributed by atoms with E-state index in [0.29, 0.717) is 13.1 Å². The van der Waals surface area contributed by atoms with E-state index in [2.05, 4.69) is 18.5 Å². The summed E-state index contributed by atoms with van der Waals surface area (Å²) in [5, 5.41) is 2.83. The zero-order valence-corrected chi connectivity index (χ0v) is 10.8. The van der Waals surface area contributed by atoms with Gasteiger partial charge in [-0.05, 0) is 7.05 Å². The molecular weight excluding hydrogens is 200 g/mol. The van der Waals surface area contributed by atoms with Crippen LogP contribution in [-0.2, 0) is 4.79 Å². The maximum Gasteiger partial charge on any atom is 0.224 e. The van der Waals surface area contributed by atoms with Crippen LogP contribution in [-0.4, -0.2) is 65.2 Å². The minimum absolute atomic E-state index is 0.0624. The number of hydrogen-bond donors (Lipinski definition) is 1. The number of nitrogens with zero attached hydrogens (tertiary/aromatic N) is 2. The number of rotatable bonds is 7. The summed E-state index contributed by atoms with van der Waals surface area (Å²) in [5.74, 6) is 0.0624. The van der Waals surface area contributed by atoms with Gasteiger partial charge in [0.2, 0.25) is 13.9 Å². The molecule has 0 spiro atoms. The molecule has 6 heteroatoms. The van der Waals surface area contributed by atoms with Gasteiger partial charge in [-0.3, -0.25) is 4.79 Å². The summed E-state index contributed by atoms with van der Waals surface area (Å²) in [6.45, 7) is 9.48. The van der Waals surface area contributed by atoms with Crippen LogP contribution in [0.25, 0.3) is 0 Å². The zero-order chi connectivity index (χ0) is 12.7. The van der Waals surface area contributed by atoms with Crippen molar-refractivity contribution >= 4 is 21.7 Å². The Labute approximate surface area is 100 Å². The topological polar surface area (TPSA) is 35.6 Å². The summed E-state index contributed by atoms with van der Waals surface area (Å²) < 4.78 is 0. The Balaban J connectivity index is 4.12. The second kappa shape index (κ2) is 7.17. The van der Waals surface area contributed by atoms with Gasteiger partial charge in [0.1, 0.15) is 7.85 Å². The molecule has 0 radical (unpaired) electrons. The van der Waals surface area contributed by atoms with Crippen LogP contribution >= 0.6 is 0 Å². The Morgan fingerprint density at radius 3 is 2.38 bits per heavy atom. The average molecular weight is 221 g/mol. The molecule has 0 unspecified atom stereocenters. The van der Waals surface area contributed by atoms with Gasteiger partial charge in [-0.2, -0.15) is 0 Å². The monoisotopic (exact) mass is 221 g/mol. The van der Waals surface area contributed by atoms with Gasteiger partial charge in [-0.25, -0.2) is 0 Å². The fourth-order valence-electron chi connectivity index (χ4n) is 1.29. The molecule has 0 aliphatic carbocycles. The van der Waals surface area contributed by atoms with Crippen molar-refractivity contribution in [3.8, 4) is 0 Å². The largest absolute Gasteiger partial charge is 0.387 e. The van der Waals surface area contributed by atoms with Crippen molar-refractivity contribution in [1.29, 1.82) is 0 Å². The van der Waals surface area contributed by atoms with E-state index in [1.807, 2.05) is 19.8 Å². The molecule has 0 aromatic carbocycles. The summed E-state index contributed by atoms with van der Waals surface area (Å²) in [7, 11) is 7.46. The summed E-state index contributed by atoms with van der Waals surface area (Å²) in [6.07, 6.45) is 0. The molecule has 1 N–H and O–H groups in total. The average Bonchev–Trinajstić information content (AvgIpc) is 2.16. The van der Waals surface area contributed by atoms with E-state index in [1.54, 1.807) is 19.8 Å². The molecule has 1 amide bonds. The van der Waals surface area contributed by atoms with E-state index in [1.165, 1.54) is 0 Å². The highest BCUT2D eigenvalue weighted by Gasteiger charge is 2.10. The van der Waals surface area contributed by atoms with Crippen molar-refractivity contribution in [3.05, 3.63) is 24.3 Å². The standard InChI is InChI=1S/C10H21B2N3O/c1-8(11)6-14(4)9(2)7-15(12)10(16)5-13-3/h13H,1-2,5-7,11-12H2,3-4H3. The third-order valence-corrected chi connectivity index (χ3v) is 2.22. The number of amides is 1. The minimum atomic E-state index is 0.0624. The molecule has 0 saturated heterocycles. The molecular formula is C10H21B2N3O. The van der Waals surface area contributed by atoms with Gasteiger partial charge in [0.05, 0.1) is 6.54 Å². The highest BCUT2D eigenvalue weighted by Crippen LogP contribution is 2.02. The van der Waals surface area contributed by atoms with Crippen molar-refractivity contribution in [2.45, 2.75) is 0 Å². The first kappa shape index (κ1) is 14.8. The summed E-state index contributed by atoms with van der Waals surface area (Å²) in [4.78, 5) is 15.2. The fraction of sp³-hybridized carbons (Fsp3) is 0.500. The second-order valence-electron chi connectivity index (χ2n) is 4.16. The first-order valence-corrected chi connectivity index (χ1v) is 5.30. The Hall–Kier alpha value is -1.16. The van der Waals surface area contributed by atoms with E-state index in [-0.39, 0.29) is 5.91 Å². The SMILES string of the molecule is BC(=C)CN(C)C(=C)CN(B)C(=O)CNC. The molecule has 0 aliphatic heterocycles. The molecule has 0 aliphatic rings. The quantitative estimate of drug-likeness (QED) is 0.514. The van der Waals surface area contributed by atoms with Gasteiger partial charge < -0.3 is 15.0 Å². The molecule has 0 rings (SSSR count). The number of likely N-dealkylation sites (N-methyl/N-ethyl adjacent to an activating group) is 2. The van der Waals surface area contributed by atoms with Gasteiger partial charge in [0, 0.05) is 25.8 Å². The van der Waals surface area contributed by atoms with Gasteiger partial charge >= 0.3 is 0 Å². The number of hydrogen-bond acceptors (Lipinski definition) is 3. The predicted octanol–water partition coefficient (Wildman–Crippen LogP) is -1.83. The maximum absolute atomic E-state index is 11.5. The highest BCUT2D eigenvalue weighted by molar-refractivity contribution is 6.21. The number of carbonyl (C=O) groups excluding carboxylic acids is 1. The van der Waals surface area contributed by atoms with Crippen LogP contribution in [0.4, 0.5) is 0 Å². The normalized spacial score (nSPS) is 9.62. The van der Waals surface area contributed by atoms with Crippen LogP contribution in [0.15, 0.2) is 24.3 Å². The predicted molar refractivity (Wildman–Crippen MR) is 73.6 cm³/mol. The summed E-state index contributed by atoms with van der Waals surface area (Å²) in [5.41, 5.74) is 1.99. The van der Waals surface area contributed by atoms with E-state index >= 15 is 0 Å². The Morgan fingerprint density at radius 1 is 1.38 bits per heavy atom. The lowest BCUT2D eigenvalue weighted by Gasteiger charge is -2.26. The van der Waals surface area contributed by atoms with Crippen LogP contribution in [0.3, 0.4) is 0 Å². The van der Waals surface area contributed by atoms with E-state index in [9.17, 15) is 4.79 Å². The lowest BCUT2D eigenvalue weighted by molar-refractivity contribution is -0.125. The van der Waals surface area contributed by atoms with Crippen LogP contribution in [0.1, 0.15) is 0 Å². The van der Waals surface area contributed by atoms with Crippen molar-refractivity contribution < 1.29 is 4.79 Å². The van der Waals surface area contributed by atoms with Gasteiger partial charge in [-0.15, -0.1) is 6.58 Å². The third kappa shape index (κ3) is 5.66. The van der Waals surface area contributed by atoms with Crippen LogP contribution < -0.4 is 5.32 Å². The maximum atomic E-state index is 11.5.